The van der Waals surface area contributed by atoms with Gasteiger partial charge in [-0.05, 0) is 31.0 Å². The quantitative estimate of drug-likeness (QED) is 0.829. The molecule has 1 aliphatic heterocycles. The number of carbonyl (C=O) groups excluding carboxylic acids is 1. The van der Waals surface area contributed by atoms with Gasteiger partial charge in [0.25, 0.3) is 5.91 Å². The number of hydrogen-bond donors (Lipinski definition) is 2. The monoisotopic (exact) mass is 293 g/mol. The summed E-state index contributed by atoms with van der Waals surface area (Å²) in [6.07, 6.45) is 1.20. The summed E-state index contributed by atoms with van der Waals surface area (Å²) in [6, 6.07) is 7.68. The first-order valence-corrected chi connectivity index (χ1v) is 7.36. The van der Waals surface area contributed by atoms with Crippen molar-refractivity contribution >= 4 is 5.91 Å². The largest absolute Gasteiger partial charge is 0.484 e. The minimum atomic E-state index is -0.974. The average Bonchev–Trinajstić information content (AvgIpc) is 2.83. The lowest BCUT2D eigenvalue weighted by molar-refractivity contribution is -0.124. The van der Waals surface area contributed by atoms with Crippen LogP contribution in [-0.4, -0.2) is 42.5 Å². The third kappa shape index (κ3) is 4.19. The van der Waals surface area contributed by atoms with Crippen molar-refractivity contribution in [3.63, 3.8) is 0 Å². The van der Waals surface area contributed by atoms with Gasteiger partial charge in [-0.15, -0.1) is 0 Å². The van der Waals surface area contributed by atoms with E-state index in [1.807, 2.05) is 31.2 Å². The Bertz CT molecular complexity index is 491. The van der Waals surface area contributed by atoms with Crippen LogP contribution in [0.3, 0.4) is 0 Å². The van der Waals surface area contributed by atoms with Crippen LogP contribution in [0.1, 0.15) is 25.8 Å². The van der Waals surface area contributed by atoms with E-state index >= 15 is 0 Å². The number of carbonyl (C=O) groups is 1. The molecule has 1 aromatic carbocycles. The van der Waals surface area contributed by atoms with Crippen molar-refractivity contribution in [2.24, 2.45) is 0 Å². The summed E-state index contributed by atoms with van der Waals surface area (Å²) in [5, 5.41) is 13.0. The Morgan fingerprint density at radius 3 is 3.05 bits per heavy atom. The van der Waals surface area contributed by atoms with Crippen LogP contribution in [0, 0.1) is 0 Å². The van der Waals surface area contributed by atoms with Crippen molar-refractivity contribution in [2.75, 3.05) is 19.8 Å². The van der Waals surface area contributed by atoms with E-state index in [-0.39, 0.29) is 25.2 Å². The number of amides is 1. The second-order valence-electron chi connectivity index (χ2n) is 5.43. The highest BCUT2D eigenvalue weighted by atomic mass is 16.5. The summed E-state index contributed by atoms with van der Waals surface area (Å²) < 4.78 is 10.8. The molecule has 1 saturated heterocycles. The van der Waals surface area contributed by atoms with E-state index in [0.717, 1.165) is 6.42 Å². The van der Waals surface area contributed by atoms with E-state index in [1.165, 1.54) is 5.56 Å². The van der Waals surface area contributed by atoms with Crippen LogP contribution in [0.15, 0.2) is 24.3 Å². The summed E-state index contributed by atoms with van der Waals surface area (Å²) in [5.41, 5.74) is 0.191. The molecule has 1 aromatic rings. The van der Waals surface area contributed by atoms with Crippen molar-refractivity contribution < 1.29 is 19.4 Å². The fourth-order valence-electron chi connectivity index (χ4n) is 2.31. The van der Waals surface area contributed by atoms with Crippen molar-refractivity contribution in [1.82, 2.24) is 5.32 Å². The highest BCUT2D eigenvalue weighted by Crippen LogP contribution is 2.24. The Hall–Kier alpha value is -1.59. The minimum absolute atomic E-state index is 0.0571. The van der Waals surface area contributed by atoms with Crippen LogP contribution in [0.25, 0.3) is 0 Å². The Morgan fingerprint density at radius 1 is 1.57 bits per heavy atom. The van der Waals surface area contributed by atoms with Gasteiger partial charge in [-0.2, -0.15) is 0 Å². The van der Waals surface area contributed by atoms with E-state index in [4.69, 9.17) is 9.47 Å². The molecule has 1 heterocycles. The molecule has 1 fully saturated rings. The minimum Gasteiger partial charge on any atom is -0.484 e. The normalized spacial score (nSPS) is 24.8. The number of nitrogens with one attached hydrogen (secondary N) is 1. The molecule has 0 radical (unpaired) electrons. The third-order valence-electron chi connectivity index (χ3n) is 3.93. The maximum absolute atomic E-state index is 11.8. The molecule has 5 nitrogen and oxygen atoms in total. The summed E-state index contributed by atoms with van der Waals surface area (Å²) in [6.45, 7) is 4.53. The maximum atomic E-state index is 11.8. The molecule has 2 rings (SSSR count). The van der Waals surface area contributed by atoms with Gasteiger partial charge in [0.05, 0.1) is 6.10 Å². The van der Waals surface area contributed by atoms with Crippen molar-refractivity contribution in [2.45, 2.75) is 38.4 Å². The van der Waals surface area contributed by atoms with Gasteiger partial charge in [0.15, 0.2) is 6.61 Å². The smallest absolute Gasteiger partial charge is 0.258 e. The van der Waals surface area contributed by atoms with Crippen molar-refractivity contribution in [3.8, 4) is 5.75 Å². The fourth-order valence-corrected chi connectivity index (χ4v) is 2.31. The van der Waals surface area contributed by atoms with Crippen LogP contribution in [0.4, 0.5) is 0 Å². The predicted octanol–water partition coefficient (Wildman–Crippen LogP) is 1.28. The lowest BCUT2D eigenvalue weighted by Crippen LogP contribution is -2.48. The molecule has 1 amide bonds. The van der Waals surface area contributed by atoms with E-state index in [1.54, 1.807) is 0 Å². The van der Waals surface area contributed by atoms with Gasteiger partial charge in [-0.3, -0.25) is 4.79 Å². The summed E-state index contributed by atoms with van der Waals surface area (Å²) >= 11 is 0. The van der Waals surface area contributed by atoms with Crippen LogP contribution in [0.2, 0.25) is 0 Å². The Labute approximate surface area is 125 Å². The molecule has 0 aromatic heterocycles. The lowest BCUT2D eigenvalue weighted by atomic mass is 9.97. The number of aliphatic hydroxyl groups is 1. The molecule has 2 atom stereocenters. The second-order valence-corrected chi connectivity index (χ2v) is 5.43. The zero-order valence-corrected chi connectivity index (χ0v) is 12.6. The molecular weight excluding hydrogens is 270 g/mol. The second kappa shape index (κ2) is 6.91. The molecule has 2 unspecified atom stereocenters. The predicted molar refractivity (Wildman–Crippen MR) is 79.3 cm³/mol. The number of hydrogen-bond acceptors (Lipinski definition) is 4. The zero-order valence-electron chi connectivity index (χ0n) is 12.6. The van der Waals surface area contributed by atoms with Gasteiger partial charge in [0.1, 0.15) is 11.4 Å². The van der Waals surface area contributed by atoms with Crippen LogP contribution >= 0.6 is 0 Å². The molecular formula is C16H23NO4. The van der Waals surface area contributed by atoms with E-state index in [0.29, 0.717) is 18.8 Å². The summed E-state index contributed by atoms with van der Waals surface area (Å²) in [4.78, 5) is 11.8. The van der Waals surface area contributed by atoms with Gasteiger partial charge < -0.3 is 19.9 Å². The van der Waals surface area contributed by atoms with Gasteiger partial charge in [0.2, 0.25) is 0 Å². The molecule has 0 saturated carbocycles. The van der Waals surface area contributed by atoms with Crippen molar-refractivity contribution in [3.05, 3.63) is 29.8 Å². The van der Waals surface area contributed by atoms with Crippen LogP contribution in [-0.2, 0) is 16.0 Å². The molecule has 5 heteroatoms. The summed E-state index contributed by atoms with van der Waals surface area (Å²) in [7, 11) is 0. The maximum Gasteiger partial charge on any atom is 0.258 e. The molecule has 0 aliphatic carbocycles. The van der Waals surface area contributed by atoms with E-state index in [2.05, 4.69) is 12.2 Å². The highest BCUT2D eigenvalue weighted by Gasteiger charge is 2.39. The van der Waals surface area contributed by atoms with Crippen molar-refractivity contribution in [1.29, 1.82) is 0 Å². The Kier molecular flexibility index (Phi) is 5.20. The van der Waals surface area contributed by atoms with Gasteiger partial charge in [-0.1, -0.05) is 19.1 Å². The average molecular weight is 293 g/mol. The van der Waals surface area contributed by atoms with E-state index in [9.17, 15) is 9.90 Å². The number of ether oxygens (including phenoxy) is 2. The Morgan fingerprint density at radius 2 is 2.38 bits per heavy atom. The molecule has 0 spiro atoms. The number of rotatable bonds is 6. The van der Waals surface area contributed by atoms with Gasteiger partial charge in [-0.25, -0.2) is 0 Å². The van der Waals surface area contributed by atoms with Crippen LogP contribution < -0.4 is 10.1 Å². The first-order valence-electron chi connectivity index (χ1n) is 7.36. The molecule has 21 heavy (non-hydrogen) atoms. The lowest BCUT2D eigenvalue weighted by Gasteiger charge is -2.26. The molecule has 1 aliphatic rings. The number of benzene rings is 1. The third-order valence-corrected chi connectivity index (χ3v) is 3.93. The standard InChI is InChI=1S/C16H23NO4/c1-3-13-5-4-6-14(9-13)21-10-15(18)17-11-16(19)7-8-20-12(16)2/h4-6,9,12,19H,3,7-8,10-11H2,1-2H3,(H,17,18). The van der Waals surface area contributed by atoms with E-state index < -0.39 is 5.60 Å². The molecule has 116 valence electrons. The van der Waals surface area contributed by atoms with Gasteiger partial charge >= 0.3 is 0 Å². The van der Waals surface area contributed by atoms with Gasteiger partial charge in [0, 0.05) is 19.6 Å². The SMILES string of the molecule is CCc1cccc(OCC(=O)NCC2(O)CCOC2C)c1. The Balaban J connectivity index is 1.77. The molecule has 2 N–H and O–H groups in total. The first-order chi connectivity index (χ1) is 10.0. The molecule has 0 bridgehead atoms. The van der Waals surface area contributed by atoms with Crippen LogP contribution in [0.5, 0.6) is 5.75 Å². The topological polar surface area (TPSA) is 67.8 Å². The summed E-state index contributed by atoms with van der Waals surface area (Å²) in [5.74, 6) is 0.435. The fraction of sp³-hybridized carbons (Fsp3) is 0.562. The first kappa shape index (κ1) is 15.8. The highest BCUT2D eigenvalue weighted by molar-refractivity contribution is 5.77. The number of aryl methyl sites for hydroxylation is 1. The zero-order chi connectivity index (χ0) is 15.3.